The maximum absolute atomic E-state index is 11.6. The minimum absolute atomic E-state index is 0.0543. The van der Waals surface area contributed by atoms with E-state index in [0.29, 0.717) is 10.6 Å². The molecule has 0 amide bonds. The molecule has 2 atom stereocenters. The van der Waals surface area contributed by atoms with E-state index in [4.69, 9.17) is 16.3 Å². The maximum atomic E-state index is 11.6. The molecule has 0 aliphatic heterocycles. The van der Waals surface area contributed by atoms with Crippen molar-refractivity contribution in [3.05, 3.63) is 34.9 Å². The number of hydrogen-bond donors (Lipinski definition) is 2. The molecule has 0 heterocycles. The van der Waals surface area contributed by atoms with Crippen LogP contribution in [0.1, 0.15) is 38.9 Å². The Morgan fingerprint density at radius 3 is 2.45 bits per heavy atom. The third kappa shape index (κ3) is 4.78. The molecule has 5 heteroatoms. The highest BCUT2D eigenvalue weighted by molar-refractivity contribution is 6.31. The first-order chi connectivity index (χ1) is 9.23. The van der Waals surface area contributed by atoms with Gasteiger partial charge in [0.15, 0.2) is 0 Å². The van der Waals surface area contributed by atoms with Gasteiger partial charge in [-0.1, -0.05) is 29.8 Å². The van der Waals surface area contributed by atoms with Crippen molar-refractivity contribution in [2.75, 3.05) is 6.61 Å². The molecule has 0 spiro atoms. The van der Waals surface area contributed by atoms with Gasteiger partial charge in [0.25, 0.3) is 0 Å². The monoisotopic (exact) mass is 300 g/mol. The van der Waals surface area contributed by atoms with Crippen LogP contribution in [0, 0.1) is 5.41 Å². The summed E-state index contributed by atoms with van der Waals surface area (Å²) in [7, 11) is 0. The highest BCUT2D eigenvalue weighted by Crippen LogP contribution is 2.26. The van der Waals surface area contributed by atoms with Gasteiger partial charge >= 0.3 is 5.97 Å². The lowest BCUT2D eigenvalue weighted by molar-refractivity contribution is -0.154. The quantitative estimate of drug-likeness (QED) is 0.821. The van der Waals surface area contributed by atoms with Crippen molar-refractivity contribution in [2.45, 2.75) is 39.4 Å². The summed E-state index contributed by atoms with van der Waals surface area (Å²) < 4.78 is 5.05. The van der Waals surface area contributed by atoms with Crippen LogP contribution in [0.4, 0.5) is 0 Å². The first kappa shape index (κ1) is 17.0. The van der Waals surface area contributed by atoms with E-state index in [1.807, 2.05) is 0 Å². The fourth-order valence-electron chi connectivity index (χ4n) is 1.57. The number of ether oxygens (including phenoxy) is 1. The van der Waals surface area contributed by atoms with E-state index in [9.17, 15) is 15.0 Å². The zero-order chi connectivity index (χ0) is 15.3. The van der Waals surface area contributed by atoms with E-state index >= 15 is 0 Å². The summed E-state index contributed by atoms with van der Waals surface area (Å²) >= 11 is 5.95. The maximum Gasteiger partial charge on any atom is 0.311 e. The van der Waals surface area contributed by atoms with E-state index in [1.165, 1.54) is 0 Å². The van der Waals surface area contributed by atoms with Gasteiger partial charge in [-0.3, -0.25) is 4.79 Å². The van der Waals surface area contributed by atoms with Gasteiger partial charge in [-0.15, -0.1) is 0 Å². The van der Waals surface area contributed by atoms with Crippen LogP contribution in [0.15, 0.2) is 24.3 Å². The number of rotatable bonds is 5. The zero-order valence-electron chi connectivity index (χ0n) is 12.0. The van der Waals surface area contributed by atoms with Gasteiger partial charge < -0.3 is 14.9 Å². The Bertz CT molecular complexity index is 453. The molecule has 0 fully saturated rings. The number of hydrogen-bond acceptors (Lipinski definition) is 4. The summed E-state index contributed by atoms with van der Waals surface area (Å²) in [6.45, 7) is 5.32. The summed E-state index contributed by atoms with van der Waals surface area (Å²) in [5.41, 5.74) is -0.115. The molecule has 1 aromatic rings. The second kappa shape index (κ2) is 7.07. The van der Waals surface area contributed by atoms with Crippen LogP contribution in [0.3, 0.4) is 0 Å². The molecule has 0 aromatic heterocycles. The summed E-state index contributed by atoms with van der Waals surface area (Å²) in [4.78, 5) is 11.6. The molecule has 0 unspecified atom stereocenters. The Kier molecular flexibility index (Phi) is 5.99. The Labute approximate surface area is 124 Å². The second-order valence-corrected chi connectivity index (χ2v) is 6.12. The third-order valence-corrected chi connectivity index (χ3v) is 3.19. The molecule has 0 bridgehead atoms. The Hall–Kier alpha value is -1.10. The van der Waals surface area contributed by atoms with E-state index in [0.717, 1.165) is 0 Å². The lowest BCUT2D eigenvalue weighted by atomic mass is 9.97. The number of carbonyl (C=O) groups is 1. The molecule has 112 valence electrons. The normalized spacial score (nSPS) is 14.7. The van der Waals surface area contributed by atoms with Crippen molar-refractivity contribution >= 4 is 17.6 Å². The molecule has 0 saturated carbocycles. The predicted molar refractivity (Wildman–Crippen MR) is 77.4 cm³/mol. The Balaban J connectivity index is 2.49. The van der Waals surface area contributed by atoms with Crippen molar-refractivity contribution in [1.29, 1.82) is 0 Å². The molecular formula is C15H21ClO4. The SMILES string of the molecule is CC(C)(C)C(=O)OCC[C@H](O)[C@@H](O)c1ccccc1Cl. The largest absolute Gasteiger partial charge is 0.465 e. The standard InChI is InChI=1S/C15H21ClO4/c1-15(2,3)14(19)20-9-8-12(17)13(18)10-6-4-5-7-11(10)16/h4-7,12-13,17-18H,8-9H2,1-3H3/t12-,13-/m0/s1. The van der Waals surface area contributed by atoms with Gasteiger partial charge in [0.1, 0.15) is 6.10 Å². The number of aliphatic hydroxyl groups is 2. The molecule has 2 N–H and O–H groups in total. The van der Waals surface area contributed by atoms with Crippen LogP contribution in [0.2, 0.25) is 5.02 Å². The first-order valence-corrected chi connectivity index (χ1v) is 6.89. The van der Waals surface area contributed by atoms with Gasteiger partial charge in [-0.05, 0) is 26.8 Å². The van der Waals surface area contributed by atoms with E-state index < -0.39 is 17.6 Å². The number of benzene rings is 1. The van der Waals surface area contributed by atoms with Crippen LogP contribution in [0.25, 0.3) is 0 Å². The van der Waals surface area contributed by atoms with Gasteiger partial charge in [0, 0.05) is 17.0 Å². The first-order valence-electron chi connectivity index (χ1n) is 6.51. The van der Waals surface area contributed by atoms with Crippen molar-refractivity contribution in [1.82, 2.24) is 0 Å². The molecule has 0 aliphatic rings. The second-order valence-electron chi connectivity index (χ2n) is 5.71. The highest BCUT2D eigenvalue weighted by Gasteiger charge is 2.24. The minimum atomic E-state index is -1.10. The number of aliphatic hydroxyl groups excluding tert-OH is 2. The molecule has 4 nitrogen and oxygen atoms in total. The van der Waals surface area contributed by atoms with E-state index in [2.05, 4.69) is 0 Å². The van der Waals surface area contributed by atoms with Crippen LogP contribution in [-0.2, 0) is 9.53 Å². The van der Waals surface area contributed by atoms with Crippen molar-refractivity contribution < 1.29 is 19.7 Å². The lowest BCUT2D eigenvalue weighted by Crippen LogP contribution is -2.26. The van der Waals surface area contributed by atoms with E-state index in [1.54, 1.807) is 45.0 Å². The van der Waals surface area contributed by atoms with E-state index in [-0.39, 0.29) is 19.0 Å². The Morgan fingerprint density at radius 2 is 1.90 bits per heavy atom. The molecule has 0 radical (unpaired) electrons. The third-order valence-electron chi connectivity index (χ3n) is 2.85. The van der Waals surface area contributed by atoms with Gasteiger partial charge in [-0.25, -0.2) is 0 Å². The number of halogens is 1. The van der Waals surface area contributed by atoms with Gasteiger partial charge in [0.05, 0.1) is 18.1 Å². The van der Waals surface area contributed by atoms with Gasteiger partial charge in [0.2, 0.25) is 0 Å². The predicted octanol–water partition coefficient (Wildman–Crippen LogP) is 2.71. The average Bonchev–Trinajstić information content (AvgIpc) is 2.37. The molecule has 0 aliphatic carbocycles. The summed E-state index contributed by atoms with van der Waals surface area (Å²) in [6, 6.07) is 6.77. The van der Waals surface area contributed by atoms with Crippen LogP contribution in [-0.4, -0.2) is 28.9 Å². The minimum Gasteiger partial charge on any atom is -0.465 e. The van der Waals surface area contributed by atoms with Crippen molar-refractivity contribution in [3.8, 4) is 0 Å². The molecule has 0 saturated heterocycles. The molecular weight excluding hydrogens is 280 g/mol. The summed E-state index contributed by atoms with van der Waals surface area (Å²) in [5, 5.41) is 20.3. The van der Waals surface area contributed by atoms with Crippen LogP contribution < -0.4 is 0 Å². The highest BCUT2D eigenvalue weighted by atomic mass is 35.5. The van der Waals surface area contributed by atoms with Crippen LogP contribution in [0.5, 0.6) is 0 Å². The van der Waals surface area contributed by atoms with Gasteiger partial charge in [-0.2, -0.15) is 0 Å². The van der Waals surface area contributed by atoms with Crippen molar-refractivity contribution in [3.63, 3.8) is 0 Å². The Morgan fingerprint density at radius 1 is 1.30 bits per heavy atom. The number of esters is 1. The number of carbonyl (C=O) groups excluding carboxylic acids is 1. The van der Waals surface area contributed by atoms with Crippen LogP contribution >= 0.6 is 11.6 Å². The zero-order valence-corrected chi connectivity index (χ0v) is 12.7. The average molecular weight is 301 g/mol. The fraction of sp³-hybridized carbons (Fsp3) is 0.533. The van der Waals surface area contributed by atoms with Crippen molar-refractivity contribution in [2.24, 2.45) is 5.41 Å². The smallest absolute Gasteiger partial charge is 0.311 e. The fourth-order valence-corrected chi connectivity index (χ4v) is 1.82. The summed E-state index contributed by atoms with van der Waals surface area (Å²) in [5.74, 6) is -0.336. The molecule has 1 rings (SSSR count). The molecule has 20 heavy (non-hydrogen) atoms. The topological polar surface area (TPSA) is 66.8 Å². The summed E-state index contributed by atoms with van der Waals surface area (Å²) in [6.07, 6.45) is -1.99. The molecule has 1 aromatic carbocycles. The lowest BCUT2D eigenvalue weighted by Gasteiger charge is -2.21.